The maximum absolute atomic E-state index is 13.4. The Morgan fingerprint density at radius 2 is 1.81 bits per heavy atom. The lowest BCUT2D eigenvalue weighted by atomic mass is 10.1. The molecule has 0 aromatic heterocycles. The van der Waals surface area contributed by atoms with E-state index in [1.54, 1.807) is 12.1 Å². The molecule has 0 fully saturated rings. The largest absolute Gasteiger partial charge is 0.457 e. The first-order chi connectivity index (χ1) is 15.3. The standard InChI is InChI=1S/C23H20N2O6S/c1-16-13-18-5-2-3-8-22(18)24(16)32(29,30)21-7-4-6-19(14-21)23(26)31-15-17-9-11-20(12-10-17)25(27)28/h2-12,14,16H,13,15H2,1H3. The molecule has 0 spiro atoms. The van der Waals surface area contributed by atoms with Gasteiger partial charge in [-0.1, -0.05) is 24.3 Å². The molecule has 1 aliphatic rings. The Morgan fingerprint density at radius 3 is 2.53 bits per heavy atom. The van der Waals surface area contributed by atoms with Crippen molar-refractivity contribution in [1.82, 2.24) is 0 Å². The minimum atomic E-state index is -3.88. The SMILES string of the molecule is CC1Cc2ccccc2N1S(=O)(=O)c1cccc(C(=O)OCc2ccc([N+](=O)[O-])cc2)c1. The molecule has 3 aromatic rings. The number of hydrogen-bond acceptors (Lipinski definition) is 6. The molecule has 0 bridgehead atoms. The minimum Gasteiger partial charge on any atom is -0.457 e. The van der Waals surface area contributed by atoms with Gasteiger partial charge in [0.1, 0.15) is 6.61 Å². The third kappa shape index (κ3) is 4.06. The van der Waals surface area contributed by atoms with Crippen molar-refractivity contribution in [2.45, 2.75) is 30.9 Å². The summed E-state index contributed by atoms with van der Waals surface area (Å²) in [5, 5.41) is 10.7. The summed E-state index contributed by atoms with van der Waals surface area (Å²) in [7, 11) is -3.88. The van der Waals surface area contributed by atoms with Gasteiger partial charge in [-0.15, -0.1) is 0 Å². The highest BCUT2D eigenvalue weighted by atomic mass is 32.2. The van der Waals surface area contributed by atoms with E-state index in [0.29, 0.717) is 17.7 Å². The van der Waals surface area contributed by atoms with Gasteiger partial charge in [0.25, 0.3) is 15.7 Å². The van der Waals surface area contributed by atoms with Crippen molar-refractivity contribution in [3.8, 4) is 0 Å². The summed E-state index contributed by atoms with van der Waals surface area (Å²) in [4.78, 5) is 22.7. The molecule has 0 saturated carbocycles. The highest BCUT2D eigenvalue weighted by Crippen LogP contribution is 2.36. The van der Waals surface area contributed by atoms with Crippen LogP contribution in [-0.2, 0) is 27.8 Å². The summed E-state index contributed by atoms with van der Waals surface area (Å²) in [6.45, 7) is 1.75. The number of sulfonamides is 1. The van der Waals surface area contributed by atoms with Crippen molar-refractivity contribution in [3.63, 3.8) is 0 Å². The molecule has 32 heavy (non-hydrogen) atoms. The van der Waals surface area contributed by atoms with Crippen molar-refractivity contribution in [3.05, 3.63) is 99.6 Å². The van der Waals surface area contributed by atoms with Crippen LogP contribution in [0, 0.1) is 10.1 Å². The number of ether oxygens (including phenoxy) is 1. The molecular formula is C23H20N2O6S. The summed E-state index contributed by atoms with van der Waals surface area (Å²) in [5.41, 5.74) is 2.23. The number of fused-ring (bicyclic) bond motifs is 1. The molecule has 4 rings (SSSR count). The lowest BCUT2D eigenvalue weighted by Crippen LogP contribution is -2.35. The van der Waals surface area contributed by atoms with Crippen LogP contribution < -0.4 is 4.31 Å². The average Bonchev–Trinajstić information content (AvgIpc) is 3.14. The molecule has 9 heteroatoms. The molecule has 0 aliphatic carbocycles. The molecule has 164 valence electrons. The number of benzene rings is 3. The van der Waals surface area contributed by atoms with Crippen LogP contribution in [0.3, 0.4) is 0 Å². The summed E-state index contributed by atoms with van der Waals surface area (Å²) in [6.07, 6.45) is 0.617. The monoisotopic (exact) mass is 452 g/mol. The van der Waals surface area contributed by atoms with E-state index in [4.69, 9.17) is 4.74 Å². The van der Waals surface area contributed by atoms with E-state index >= 15 is 0 Å². The highest BCUT2D eigenvalue weighted by molar-refractivity contribution is 7.92. The van der Waals surface area contributed by atoms with E-state index in [1.807, 2.05) is 19.1 Å². The Morgan fingerprint density at radius 1 is 1.09 bits per heavy atom. The van der Waals surface area contributed by atoms with Gasteiger partial charge in [0.05, 0.1) is 21.1 Å². The number of carbonyl (C=O) groups is 1. The molecule has 0 N–H and O–H groups in total. The Balaban J connectivity index is 1.53. The predicted octanol–water partition coefficient (Wildman–Crippen LogP) is 4.09. The number of carbonyl (C=O) groups excluding carboxylic acids is 1. The zero-order valence-electron chi connectivity index (χ0n) is 17.2. The van der Waals surface area contributed by atoms with Crippen LogP contribution in [0.25, 0.3) is 0 Å². The Bertz CT molecular complexity index is 1290. The van der Waals surface area contributed by atoms with Gasteiger partial charge in [-0.25, -0.2) is 13.2 Å². The number of nitro groups is 1. The normalized spacial score (nSPS) is 15.3. The number of nitro benzene ring substituents is 1. The van der Waals surface area contributed by atoms with Gasteiger partial charge < -0.3 is 4.74 Å². The lowest BCUT2D eigenvalue weighted by molar-refractivity contribution is -0.384. The van der Waals surface area contributed by atoms with Crippen LogP contribution in [0.2, 0.25) is 0 Å². The first-order valence-electron chi connectivity index (χ1n) is 9.90. The second-order valence-corrected chi connectivity index (χ2v) is 9.33. The topological polar surface area (TPSA) is 107 Å². The third-order valence-corrected chi connectivity index (χ3v) is 7.21. The molecule has 0 saturated heterocycles. The Labute approximate surface area is 185 Å². The van der Waals surface area contributed by atoms with E-state index in [0.717, 1.165) is 5.56 Å². The number of nitrogens with zero attached hydrogens (tertiary/aromatic N) is 2. The number of rotatable bonds is 6. The summed E-state index contributed by atoms with van der Waals surface area (Å²) in [6, 6.07) is 18.5. The molecular weight excluding hydrogens is 432 g/mol. The molecule has 0 radical (unpaired) electrons. The predicted molar refractivity (Wildman–Crippen MR) is 118 cm³/mol. The fourth-order valence-corrected chi connectivity index (χ4v) is 5.49. The molecule has 1 atom stereocenters. The van der Waals surface area contributed by atoms with Crippen LogP contribution in [0.5, 0.6) is 0 Å². The minimum absolute atomic E-state index is 0.00541. The number of non-ortho nitro benzene ring substituents is 1. The van der Waals surface area contributed by atoms with E-state index < -0.39 is 20.9 Å². The van der Waals surface area contributed by atoms with Gasteiger partial charge in [-0.3, -0.25) is 14.4 Å². The van der Waals surface area contributed by atoms with Crippen molar-refractivity contribution in [2.24, 2.45) is 0 Å². The van der Waals surface area contributed by atoms with Gasteiger partial charge in [0.15, 0.2) is 0 Å². The van der Waals surface area contributed by atoms with Gasteiger partial charge in [-0.2, -0.15) is 0 Å². The second-order valence-electron chi connectivity index (χ2n) is 7.51. The van der Waals surface area contributed by atoms with Crippen molar-refractivity contribution >= 4 is 27.4 Å². The maximum atomic E-state index is 13.4. The van der Waals surface area contributed by atoms with E-state index in [1.165, 1.54) is 52.8 Å². The Hall–Kier alpha value is -3.72. The summed E-state index contributed by atoms with van der Waals surface area (Å²) in [5.74, 6) is -0.685. The van der Waals surface area contributed by atoms with Gasteiger partial charge in [-0.05, 0) is 60.9 Å². The van der Waals surface area contributed by atoms with E-state index in [2.05, 4.69) is 0 Å². The van der Waals surface area contributed by atoms with Crippen molar-refractivity contribution < 1.29 is 22.9 Å². The van der Waals surface area contributed by atoms with Crippen molar-refractivity contribution in [2.75, 3.05) is 4.31 Å². The van der Waals surface area contributed by atoms with Crippen LogP contribution in [0.15, 0.2) is 77.7 Å². The molecule has 1 aliphatic heterocycles. The fourth-order valence-electron chi connectivity index (χ4n) is 3.75. The zero-order chi connectivity index (χ0) is 22.9. The number of para-hydroxylation sites is 1. The number of anilines is 1. The molecule has 0 amide bonds. The van der Waals surface area contributed by atoms with Crippen LogP contribution in [0.4, 0.5) is 11.4 Å². The van der Waals surface area contributed by atoms with Gasteiger partial charge in [0.2, 0.25) is 0 Å². The van der Waals surface area contributed by atoms with Crippen LogP contribution in [-0.4, -0.2) is 25.4 Å². The quantitative estimate of drug-likeness (QED) is 0.317. The smallest absolute Gasteiger partial charge is 0.338 e. The Kier molecular flexibility index (Phi) is 5.67. The maximum Gasteiger partial charge on any atom is 0.338 e. The summed E-state index contributed by atoms with van der Waals surface area (Å²) >= 11 is 0. The highest BCUT2D eigenvalue weighted by Gasteiger charge is 2.36. The number of hydrogen-bond donors (Lipinski definition) is 0. The van der Waals surface area contributed by atoms with Crippen LogP contribution >= 0.6 is 0 Å². The zero-order valence-corrected chi connectivity index (χ0v) is 18.0. The van der Waals surface area contributed by atoms with Crippen molar-refractivity contribution in [1.29, 1.82) is 0 Å². The average molecular weight is 452 g/mol. The first kappa shape index (κ1) is 21.5. The van der Waals surface area contributed by atoms with Crippen LogP contribution in [0.1, 0.15) is 28.4 Å². The fraction of sp³-hybridized carbons (Fsp3) is 0.174. The van der Waals surface area contributed by atoms with Gasteiger partial charge in [0, 0.05) is 18.2 Å². The molecule has 1 unspecified atom stereocenters. The number of esters is 1. The lowest BCUT2D eigenvalue weighted by Gasteiger charge is -2.24. The molecule has 8 nitrogen and oxygen atoms in total. The molecule has 3 aromatic carbocycles. The van der Waals surface area contributed by atoms with E-state index in [9.17, 15) is 23.3 Å². The third-order valence-electron chi connectivity index (χ3n) is 5.29. The molecule has 1 heterocycles. The first-order valence-corrected chi connectivity index (χ1v) is 11.3. The summed E-state index contributed by atoms with van der Waals surface area (Å²) < 4.78 is 33.4. The van der Waals surface area contributed by atoms with E-state index in [-0.39, 0.29) is 28.8 Å². The van der Waals surface area contributed by atoms with Gasteiger partial charge >= 0.3 is 5.97 Å². The second kappa shape index (κ2) is 8.43.